The molecule has 1 atom stereocenters. The summed E-state index contributed by atoms with van der Waals surface area (Å²) in [5.41, 5.74) is 0.643. The summed E-state index contributed by atoms with van der Waals surface area (Å²) in [5.74, 6) is 1.44. The van der Waals surface area contributed by atoms with Crippen molar-refractivity contribution in [1.29, 1.82) is 0 Å². The minimum Gasteiger partial charge on any atom is -0.469 e. The number of hydrogen-bond acceptors (Lipinski definition) is 5. The number of amides is 1. The zero-order chi connectivity index (χ0) is 16.1. The van der Waals surface area contributed by atoms with Gasteiger partial charge in [0.15, 0.2) is 0 Å². The minimum absolute atomic E-state index is 0.0528. The van der Waals surface area contributed by atoms with E-state index in [1.54, 1.807) is 23.9 Å². The lowest BCUT2D eigenvalue weighted by Gasteiger charge is -2.12. The van der Waals surface area contributed by atoms with Gasteiger partial charge in [0.2, 0.25) is 11.8 Å². The van der Waals surface area contributed by atoms with Gasteiger partial charge in [-0.15, -0.1) is 11.3 Å². The van der Waals surface area contributed by atoms with Crippen LogP contribution in [0.25, 0.3) is 10.8 Å². The highest BCUT2D eigenvalue weighted by molar-refractivity contribution is 7.13. The standard InChI is InChI=1S/C17H18N2O3S/c1-12(6-7-14-4-2-8-21-14)18-16(20)10-13-11-22-17(19-13)15-5-3-9-23-15/h2-5,8-9,11-12H,6-7,10H2,1H3,(H,18,20)/t12-/m0/s1. The van der Waals surface area contributed by atoms with Crippen LogP contribution in [-0.2, 0) is 17.6 Å². The van der Waals surface area contributed by atoms with Crippen molar-refractivity contribution in [3.63, 3.8) is 0 Å². The highest BCUT2D eigenvalue weighted by atomic mass is 32.1. The Morgan fingerprint density at radius 2 is 2.26 bits per heavy atom. The monoisotopic (exact) mass is 330 g/mol. The van der Waals surface area contributed by atoms with Gasteiger partial charge in [0.1, 0.15) is 12.0 Å². The first-order valence-electron chi connectivity index (χ1n) is 7.51. The number of thiophene rings is 1. The minimum atomic E-state index is -0.0528. The van der Waals surface area contributed by atoms with Crippen LogP contribution in [0.3, 0.4) is 0 Å². The van der Waals surface area contributed by atoms with Gasteiger partial charge in [0, 0.05) is 12.5 Å². The Balaban J connectivity index is 1.47. The number of rotatable bonds is 7. The molecule has 0 aliphatic rings. The molecule has 0 aromatic carbocycles. The Hall–Kier alpha value is -2.34. The number of carbonyl (C=O) groups is 1. The maximum atomic E-state index is 12.1. The molecule has 0 aliphatic heterocycles. The van der Waals surface area contributed by atoms with E-state index in [0.29, 0.717) is 11.6 Å². The van der Waals surface area contributed by atoms with Crippen molar-refractivity contribution in [1.82, 2.24) is 10.3 Å². The molecule has 3 heterocycles. The molecule has 0 aliphatic carbocycles. The molecule has 0 spiro atoms. The number of aromatic nitrogens is 1. The quantitative estimate of drug-likeness (QED) is 0.717. The fraction of sp³-hybridized carbons (Fsp3) is 0.294. The Bertz CT molecular complexity index is 732. The summed E-state index contributed by atoms with van der Waals surface area (Å²) in [6.07, 6.45) is 5.07. The van der Waals surface area contributed by atoms with Crippen LogP contribution in [0.1, 0.15) is 24.8 Å². The summed E-state index contributed by atoms with van der Waals surface area (Å²) < 4.78 is 10.7. The van der Waals surface area contributed by atoms with Crippen molar-refractivity contribution in [2.24, 2.45) is 0 Å². The zero-order valence-corrected chi connectivity index (χ0v) is 13.6. The third-order valence-electron chi connectivity index (χ3n) is 3.44. The molecule has 0 saturated carbocycles. The predicted molar refractivity (Wildman–Crippen MR) is 88.2 cm³/mol. The van der Waals surface area contributed by atoms with Gasteiger partial charge < -0.3 is 14.2 Å². The molecule has 23 heavy (non-hydrogen) atoms. The number of oxazole rings is 1. The Morgan fingerprint density at radius 3 is 3.00 bits per heavy atom. The average Bonchev–Trinajstić information content (AvgIpc) is 3.26. The van der Waals surface area contributed by atoms with Crippen molar-refractivity contribution in [3.05, 3.63) is 53.6 Å². The zero-order valence-electron chi connectivity index (χ0n) is 12.8. The Labute approximate surface area is 138 Å². The summed E-state index contributed by atoms with van der Waals surface area (Å²) in [7, 11) is 0. The highest BCUT2D eigenvalue weighted by Crippen LogP contribution is 2.23. The van der Waals surface area contributed by atoms with Crippen LogP contribution >= 0.6 is 11.3 Å². The van der Waals surface area contributed by atoms with E-state index in [4.69, 9.17) is 8.83 Å². The van der Waals surface area contributed by atoms with Crippen molar-refractivity contribution in [3.8, 4) is 10.8 Å². The molecule has 0 saturated heterocycles. The second-order valence-electron chi connectivity index (χ2n) is 5.38. The summed E-state index contributed by atoms with van der Waals surface area (Å²) in [6.45, 7) is 1.99. The Morgan fingerprint density at radius 1 is 1.35 bits per heavy atom. The van der Waals surface area contributed by atoms with E-state index in [9.17, 15) is 4.79 Å². The average molecular weight is 330 g/mol. The van der Waals surface area contributed by atoms with Crippen molar-refractivity contribution >= 4 is 17.2 Å². The van der Waals surface area contributed by atoms with Gasteiger partial charge in [-0.25, -0.2) is 4.98 Å². The number of hydrogen-bond donors (Lipinski definition) is 1. The lowest BCUT2D eigenvalue weighted by molar-refractivity contribution is -0.121. The second kappa shape index (κ2) is 7.28. The molecule has 6 heteroatoms. The van der Waals surface area contributed by atoms with E-state index in [1.807, 2.05) is 36.6 Å². The second-order valence-corrected chi connectivity index (χ2v) is 6.33. The molecule has 3 aromatic rings. The smallest absolute Gasteiger partial charge is 0.236 e. The first-order valence-corrected chi connectivity index (χ1v) is 8.38. The molecule has 0 fully saturated rings. The highest BCUT2D eigenvalue weighted by Gasteiger charge is 2.13. The van der Waals surface area contributed by atoms with Crippen LogP contribution in [-0.4, -0.2) is 16.9 Å². The van der Waals surface area contributed by atoms with Crippen LogP contribution < -0.4 is 5.32 Å². The summed E-state index contributed by atoms with van der Waals surface area (Å²) in [6, 6.07) is 7.77. The van der Waals surface area contributed by atoms with Gasteiger partial charge in [-0.2, -0.15) is 0 Å². The van der Waals surface area contributed by atoms with Gasteiger partial charge in [0.25, 0.3) is 0 Å². The van der Waals surface area contributed by atoms with Crippen LogP contribution in [0.4, 0.5) is 0 Å². The third kappa shape index (κ3) is 4.32. The van der Waals surface area contributed by atoms with Crippen molar-refractivity contribution in [2.75, 3.05) is 0 Å². The maximum Gasteiger partial charge on any atom is 0.236 e. The lowest BCUT2D eigenvalue weighted by atomic mass is 10.1. The van der Waals surface area contributed by atoms with Gasteiger partial charge in [0.05, 0.1) is 23.3 Å². The largest absolute Gasteiger partial charge is 0.469 e. The maximum absolute atomic E-state index is 12.1. The molecule has 0 unspecified atom stereocenters. The first-order chi connectivity index (χ1) is 11.2. The Kier molecular flexibility index (Phi) is 4.92. The normalized spacial score (nSPS) is 12.2. The van der Waals surface area contributed by atoms with E-state index in [0.717, 1.165) is 23.5 Å². The fourth-order valence-corrected chi connectivity index (χ4v) is 2.93. The SMILES string of the molecule is C[C@@H](CCc1ccco1)NC(=O)Cc1coc(-c2cccs2)n1. The van der Waals surface area contributed by atoms with E-state index in [1.165, 1.54) is 0 Å². The molecule has 120 valence electrons. The van der Waals surface area contributed by atoms with Gasteiger partial charge in [-0.1, -0.05) is 6.07 Å². The van der Waals surface area contributed by atoms with Crippen LogP contribution in [0, 0.1) is 0 Å². The van der Waals surface area contributed by atoms with Crippen molar-refractivity contribution < 1.29 is 13.6 Å². The molecule has 1 amide bonds. The van der Waals surface area contributed by atoms with Crippen molar-refractivity contribution in [2.45, 2.75) is 32.2 Å². The van der Waals surface area contributed by atoms with Gasteiger partial charge in [-0.3, -0.25) is 4.79 Å². The molecule has 0 bridgehead atoms. The topological polar surface area (TPSA) is 68.3 Å². The molecule has 5 nitrogen and oxygen atoms in total. The van der Waals surface area contributed by atoms with E-state index in [2.05, 4.69) is 10.3 Å². The summed E-state index contributed by atoms with van der Waals surface area (Å²) in [4.78, 5) is 17.4. The summed E-state index contributed by atoms with van der Waals surface area (Å²) in [5, 5.41) is 4.94. The molecule has 3 aromatic heterocycles. The molecular weight excluding hydrogens is 312 g/mol. The number of carbonyl (C=O) groups excluding carboxylic acids is 1. The summed E-state index contributed by atoms with van der Waals surface area (Å²) >= 11 is 1.56. The number of nitrogens with one attached hydrogen (secondary N) is 1. The van der Waals surface area contributed by atoms with E-state index >= 15 is 0 Å². The lowest BCUT2D eigenvalue weighted by Crippen LogP contribution is -2.34. The van der Waals surface area contributed by atoms with E-state index in [-0.39, 0.29) is 18.4 Å². The van der Waals surface area contributed by atoms with Gasteiger partial charge in [-0.05, 0) is 36.9 Å². The molecule has 3 rings (SSSR count). The van der Waals surface area contributed by atoms with Crippen LogP contribution in [0.15, 0.2) is 51.0 Å². The molecule has 0 radical (unpaired) electrons. The van der Waals surface area contributed by atoms with Crippen LogP contribution in [0.5, 0.6) is 0 Å². The van der Waals surface area contributed by atoms with E-state index < -0.39 is 0 Å². The number of nitrogens with zero attached hydrogens (tertiary/aromatic N) is 1. The third-order valence-corrected chi connectivity index (χ3v) is 4.29. The number of aryl methyl sites for hydroxylation is 1. The van der Waals surface area contributed by atoms with Crippen LogP contribution in [0.2, 0.25) is 0 Å². The van der Waals surface area contributed by atoms with Gasteiger partial charge >= 0.3 is 0 Å². The fourth-order valence-electron chi connectivity index (χ4n) is 2.28. The number of furan rings is 1. The predicted octanol–water partition coefficient (Wildman–Crippen LogP) is 3.68. The molecular formula is C17H18N2O3S. The molecule has 1 N–H and O–H groups in total. The first kappa shape index (κ1) is 15.6.